The summed E-state index contributed by atoms with van der Waals surface area (Å²) in [6.45, 7) is 14.3. The van der Waals surface area contributed by atoms with Crippen LogP contribution in [0, 0.1) is 23.7 Å². The van der Waals surface area contributed by atoms with Crippen LogP contribution in [0.15, 0.2) is 0 Å². The normalized spacial score (nSPS) is 14.2. The molecule has 0 heterocycles. The molecule has 0 fully saturated rings. The maximum atomic E-state index is 13.1. The fraction of sp³-hybridized carbons (Fsp3) is 0.952. The van der Waals surface area contributed by atoms with Crippen LogP contribution in [-0.4, -0.2) is 96.7 Å². The molecule has 3 unspecified atom stereocenters. The van der Waals surface area contributed by atoms with Crippen LogP contribution in [0.5, 0.6) is 0 Å². The molecule has 0 saturated carbocycles. The Bertz CT molecular complexity index is 2010. The quantitative estimate of drug-likeness (QED) is 0.0222. The number of phosphoric acid groups is 2. The number of carbonyl (C=O) groups is 4. The molecule has 0 aliphatic rings. The molecular formula is C84H164O17P2. The molecule has 6 atom stereocenters. The van der Waals surface area contributed by atoms with Gasteiger partial charge in [-0.15, -0.1) is 0 Å². The SMILES string of the molecule is CCC(C)CCCCCCCCCCCCCCCCCCCCC(=O)OC[C@H](COP(=O)(O)OC[C@@H](O)COP(=O)(O)OC[C@@H](COC(=O)CCCCCCCCC(C)C)OC(=O)CCCCCCCCCCCCCCCC(C)C)OC(=O)CCCCCCCCCCCCCCCC(C)C. The lowest BCUT2D eigenvalue weighted by Gasteiger charge is -2.21. The second-order valence-corrected chi connectivity index (χ2v) is 34.8. The van der Waals surface area contributed by atoms with Crippen molar-refractivity contribution >= 4 is 39.5 Å². The van der Waals surface area contributed by atoms with Gasteiger partial charge in [-0.3, -0.25) is 37.3 Å². The van der Waals surface area contributed by atoms with Gasteiger partial charge in [0, 0.05) is 25.7 Å². The smallest absolute Gasteiger partial charge is 0.462 e. The summed E-state index contributed by atoms with van der Waals surface area (Å²) in [4.78, 5) is 73.1. The van der Waals surface area contributed by atoms with Crippen LogP contribution in [0.25, 0.3) is 0 Å². The summed E-state index contributed by atoms with van der Waals surface area (Å²) in [5, 5.41) is 10.7. The number of hydrogen-bond acceptors (Lipinski definition) is 15. The number of rotatable bonds is 81. The van der Waals surface area contributed by atoms with Gasteiger partial charge in [0.15, 0.2) is 12.2 Å². The second kappa shape index (κ2) is 72.9. The minimum atomic E-state index is -4.96. The van der Waals surface area contributed by atoms with E-state index < -0.39 is 97.5 Å². The molecule has 0 bridgehead atoms. The molecule has 0 aromatic rings. The highest BCUT2D eigenvalue weighted by atomic mass is 31.2. The van der Waals surface area contributed by atoms with Crippen molar-refractivity contribution in [1.82, 2.24) is 0 Å². The van der Waals surface area contributed by atoms with Crippen LogP contribution in [0.2, 0.25) is 0 Å². The van der Waals surface area contributed by atoms with E-state index in [1.165, 1.54) is 231 Å². The monoisotopic (exact) mass is 1510 g/mol. The number of carbonyl (C=O) groups excluding carboxylic acids is 4. The first kappa shape index (κ1) is 101. The van der Waals surface area contributed by atoms with Crippen molar-refractivity contribution in [3.63, 3.8) is 0 Å². The summed E-state index contributed by atoms with van der Waals surface area (Å²) >= 11 is 0. The average Bonchev–Trinajstić information content (AvgIpc) is 0.914. The van der Waals surface area contributed by atoms with Crippen molar-refractivity contribution in [3.05, 3.63) is 0 Å². The van der Waals surface area contributed by atoms with Gasteiger partial charge in [0.25, 0.3) is 0 Å². The predicted octanol–water partition coefficient (Wildman–Crippen LogP) is 25.2. The van der Waals surface area contributed by atoms with Crippen LogP contribution in [0.1, 0.15) is 434 Å². The van der Waals surface area contributed by atoms with Gasteiger partial charge in [0.2, 0.25) is 0 Å². The Morgan fingerprint density at radius 2 is 0.466 bits per heavy atom. The van der Waals surface area contributed by atoms with Crippen molar-refractivity contribution < 1.29 is 80.2 Å². The molecule has 0 amide bonds. The van der Waals surface area contributed by atoms with Gasteiger partial charge in [-0.1, -0.05) is 383 Å². The molecule has 0 rings (SSSR count). The van der Waals surface area contributed by atoms with E-state index >= 15 is 0 Å². The summed E-state index contributed by atoms with van der Waals surface area (Å²) in [7, 11) is -9.92. The summed E-state index contributed by atoms with van der Waals surface area (Å²) in [6, 6.07) is 0. The van der Waals surface area contributed by atoms with Gasteiger partial charge in [-0.25, -0.2) is 9.13 Å². The first-order valence-corrected chi connectivity index (χ1v) is 46.2. The predicted molar refractivity (Wildman–Crippen MR) is 423 cm³/mol. The third-order valence-corrected chi connectivity index (χ3v) is 21.8. The molecule has 0 aliphatic carbocycles. The first-order valence-electron chi connectivity index (χ1n) is 43.2. The molecule has 0 saturated heterocycles. The van der Waals surface area contributed by atoms with Gasteiger partial charge in [0.1, 0.15) is 19.3 Å². The third kappa shape index (κ3) is 76.6. The van der Waals surface area contributed by atoms with E-state index in [0.29, 0.717) is 31.6 Å². The molecule has 612 valence electrons. The molecule has 19 heteroatoms. The van der Waals surface area contributed by atoms with E-state index in [1.54, 1.807) is 0 Å². The van der Waals surface area contributed by atoms with Crippen LogP contribution in [-0.2, 0) is 65.4 Å². The van der Waals surface area contributed by atoms with Gasteiger partial charge in [0.05, 0.1) is 26.4 Å². The Morgan fingerprint density at radius 1 is 0.272 bits per heavy atom. The summed E-state index contributed by atoms with van der Waals surface area (Å²) in [5.41, 5.74) is 0. The molecule has 0 aromatic heterocycles. The Labute approximate surface area is 632 Å². The van der Waals surface area contributed by atoms with Crippen LogP contribution in [0.4, 0.5) is 0 Å². The summed E-state index contributed by atoms with van der Waals surface area (Å²) < 4.78 is 68.8. The molecule has 103 heavy (non-hydrogen) atoms. The molecule has 3 N–H and O–H groups in total. The van der Waals surface area contributed by atoms with E-state index in [1.807, 2.05) is 0 Å². The number of phosphoric ester groups is 2. The maximum absolute atomic E-state index is 13.1. The van der Waals surface area contributed by atoms with Crippen LogP contribution in [0.3, 0.4) is 0 Å². The minimum Gasteiger partial charge on any atom is -0.462 e. The number of aliphatic hydroxyl groups is 1. The van der Waals surface area contributed by atoms with Gasteiger partial charge >= 0.3 is 39.5 Å². The number of esters is 4. The van der Waals surface area contributed by atoms with Gasteiger partial charge in [-0.2, -0.15) is 0 Å². The van der Waals surface area contributed by atoms with Gasteiger partial charge < -0.3 is 33.8 Å². The molecule has 0 aliphatic heterocycles. The minimum absolute atomic E-state index is 0.106. The summed E-state index contributed by atoms with van der Waals surface area (Å²) in [6.07, 6.45) is 61.2. The van der Waals surface area contributed by atoms with E-state index in [0.717, 1.165) is 114 Å². The fourth-order valence-corrected chi connectivity index (χ4v) is 14.5. The Balaban J connectivity index is 5.19. The lowest BCUT2D eigenvalue weighted by molar-refractivity contribution is -0.161. The maximum Gasteiger partial charge on any atom is 0.472 e. The second-order valence-electron chi connectivity index (χ2n) is 31.9. The fourth-order valence-electron chi connectivity index (χ4n) is 12.9. The van der Waals surface area contributed by atoms with E-state index in [2.05, 4.69) is 55.4 Å². The lowest BCUT2D eigenvalue weighted by atomic mass is 9.99. The van der Waals surface area contributed by atoms with Crippen molar-refractivity contribution in [2.45, 2.75) is 453 Å². The number of ether oxygens (including phenoxy) is 4. The standard InChI is InChI=1S/C84H164O17P2/c1-9-77(8)63-55-47-38-32-26-20-14-12-10-11-13-15-21-27-33-39-48-56-64-81(86)94-70-79(100-83(88)66-58-50-40-34-28-22-16-18-24-30-36-44-52-60-74(2)3)72-98-102(90,91)96-68-78(85)69-97-103(92,93)99-73-80(71-95-82(87)65-57-49-43-42-46-54-62-76(6)7)101-84(89)67-59-51-41-35-29-23-17-19-25-31-37-45-53-61-75(4)5/h74-80,85H,9-73H2,1-8H3,(H,90,91)(H,92,93)/t77?,78-,79-,80-/m1/s1. The first-order chi connectivity index (χ1) is 49.6. The third-order valence-electron chi connectivity index (χ3n) is 19.9. The molecule has 0 spiro atoms. The molecular weight excluding hydrogens is 1340 g/mol. The summed E-state index contributed by atoms with van der Waals surface area (Å²) in [5.74, 6) is 1.01. The van der Waals surface area contributed by atoms with Crippen molar-refractivity contribution in [2.75, 3.05) is 39.6 Å². The zero-order chi connectivity index (χ0) is 76.0. The topological polar surface area (TPSA) is 237 Å². The average molecular weight is 1510 g/mol. The largest absolute Gasteiger partial charge is 0.472 e. The number of aliphatic hydroxyl groups excluding tert-OH is 1. The van der Waals surface area contributed by atoms with Crippen molar-refractivity contribution in [3.8, 4) is 0 Å². The van der Waals surface area contributed by atoms with Crippen LogP contribution < -0.4 is 0 Å². The molecule has 0 aromatic carbocycles. The highest BCUT2D eigenvalue weighted by Crippen LogP contribution is 2.45. The Kier molecular flexibility index (Phi) is 71.5. The zero-order valence-corrected chi connectivity index (χ0v) is 69.7. The highest BCUT2D eigenvalue weighted by molar-refractivity contribution is 7.47. The molecule has 17 nitrogen and oxygen atoms in total. The Morgan fingerprint density at radius 3 is 0.689 bits per heavy atom. The van der Waals surface area contributed by atoms with Gasteiger partial charge in [-0.05, 0) is 49.4 Å². The van der Waals surface area contributed by atoms with Crippen LogP contribution >= 0.6 is 15.6 Å². The zero-order valence-electron chi connectivity index (χ0n) is 68.0. The number of unbranched alkanes of at least 4 members (excludes halogenated alkanes) is 46. The van der Waals surface area contributed by atoms with Crippen molar-refractivity contribution in [2.24, 2.45) is 23.7 Å². The van der Waals surface area contributed by atoms with E-state index in [9.17, 15) is 43.2 Å². The van der Waals surface area contributed by atoms with E-state index in [-0.39, 0.29) is 25.7 Å². The van der Waals surface area contributed by atoms with E-state index in [4.69, 9.17) is 37.0 Å². The van der Waals surface area contributed by atoms with Crippen molar-refractivity contribution in [1.29, 1.82) is 0 Å². The highest BCUT2D eigenvalue weighted by Gasteiger charge is 2.30. The molecule has 0 radical (unpaired) electrons. The number of hydrogen-bond donors (Lipinski definition) is 3. The lowest BCUT2D eigenvalue weighted by Crippen LogP contribution is -2.30. The Hall–Kier alpha value is -1.94.